The third-order valence-corrected chi connectivity index (χ3v) is 12.2. The lowest BCUT2D eigenvalue weighted by Gasteiger charge is -2.13. The van der Waals surface area contributed by atoms with Crippen LogP contribution in [0.2, 0.25) is 20.5 Å². The quantitative estimate of drug-likeness (QED) is 0.0594. The lowest BCUT2D eigenvalue weighted by atomic mass is 9.74. The first-order valence-corrected chi connectivity index (χ1v) is 23.2. The van der Waals surface area contributed by atoms with E-state index >= 15 is 0 Å². The molecule has 0 saturated carbocycles. The zero-order valence-corrected chi connectivity index (χ0v) is 40.4. The van der Waals surface area contributed by atoms with Gasteiger partial charge in [-0.2, -0.15) is 0 Å². The van der Waals surface area contributed by atoms with E-state index in [0.29, 0.717) is 23.4 Å². The molecule has 3 aromatic carbocycles. The van der Waals surface area contributed by atoms with Crippen LogP contribution in [0, 0.1) is 13.8 Å². The Balaban J connectivity index is 1.27. The number of thiazole rings is 1. The van der Waals surface area contributed by atoms with E-state index in [0.717, 1.165) is 93.8 Å². The van der Waals surface area contributed by atoms with Gasteiger partial charge in [0.2, 0.25) is 5.89 Å². The monoisotopic (exact) mass is 901 g/mol. The van der Waals surface area contributed by atoms with Crippen molar-refractivity contribution < 1.29 is 4.42 Å². The molecule has 331 valence electrons. The maximum atomic E-state index is 6.13. The summed E-state index contributed by atoms with van der Waals surface area (Å²) in [6.07, 6.45) is 21.6. The van der Waals surface area contributed by atoms with Gasteiger partial charge in [0.05, 0.1) is 10.2 Å². The molecule has 0 atom stereocenters. The summed E-state index contributed by atoms with van der Waals surface area (Å²) in [6.45, 7) is 28.6. The zero-order valence-electron chi connectivity index (χ0n) is 39.6. The predicted molar refractivity (Wildman–Crippen MR) is 295 cm³/mol. The fourth-order valence-corrected chi connectivity index (χ4v) is 8.70. The van der Waals surface area contributed by atoms with E-state index in [9.17, 15) is 0 Å². The molecule has 4 aromatic heterocycles. The smallest absolute Gasteiger partial charge is 0.226 e. The Morgan fingerprint density at radius 2 is 1.38 bits per heavy atom. The van der Waals surface area contributed by atoms with Crippen LogP contribution in [0.15, 0.2) is 181 Å². The van der Waals surface area contributed by atoms with Gasteiger partial charge in [-0.15, -0.1) is 23.3 Å². The highest BCUT2D eigenvalue weighted by atomic mass is 32.1. The number of fused-ring (bicyclic) bond motifs is 1. The average molecular weight is 902 g/mol. The van der Waals surface area contributed by atoms with Crippen molar-refractivity contribution in [1.29, 1.82) is 0 Å². The number of rotatable bonds is 19. The van der Waals surface area contributed by atoms with Crippen molar-refractivity contribution in [3.05, 3.63) is 216 Å². The number of hydrogen-bond acceptors (Lipinski definition) is 7. The number of oxazole rings is 1. The van der Waals surface area contributed by atoms with Crippen molar-refractivity contribution in [2.45, 2.75) is 41.2 Å². The van der Waals surface area contributed by atoms with Crippen LogP contribution < -0.4 is 5.59 Å². The van der Waals surface area contributed by atoms with Crippen molar-refractivity contribution in [2.24, 2.45) is 0 Å². The van der Waals surface area contributed by atoms with E-state index in [1.807, 2.05) is 138 Å². The van der Waals surface area contributed by atoms with Gasteiger partial charge in [0.25, 0.3) is 0 Å². The Morgan fingerprint density at radius 1 is 0.706 bits per heavy atom. The molecular formula is C57H52B3N6OS. The summed E-state index contributed by atoms with van der Waals surface area (Å²) in [7, 11) is 6.14. The fraction of sp³-hybridized carbons (Fsp3) is 0.105. The van der Waals surface area contributed by atoms with Crippen molar-refractivity contribution in [3.8, 4) is 34.2 Å². The molecule has 0 bridgehead atoms. The standard InChI is InChI=1S/C57H52B3N6OS/c1-11-15-23-44(35-58-8)55-64-53(41-24-19-17-20-25-41)63-54(65-55)43-29-30-51-50(33-43)62-57(68-51)45(36-59-9)31-37(5)40(13-3)32-48-47(28-16-12-2)38(6)66(52(48)60-10)46(14-4)34-49-39(7)67-56(61-49)42-26-21-18-22-27-42/h11-36H,1-4H2,5-10H3/b23-15-,28-16-,37-31+,40-32+,44-35+,45-36+,46-34+. The van der Waals surface area contributed by atoms with Crippen LogP contribution in [-0.2, 0) is 0 Å². The van der Waals surface area contributed by atoms with Crippen LogP contribution in [0.4, 0.5) is 0 Å². The summed E-state index contributed by atoms with van der Waals surface area (Å²) in [5.74, 6) is 7.09. The molecule has 7 rings (SSSR count). The number of allylic oxidation sites excluding steroid dienone is 13. The molecule has 11 heteroatoms. The third kappa shape index (κ3) is 10.8. The molecule has 4 heterocycles. The van der Waals surface area contributed by atoms with Crippen LogP contribution in [-0.4, -0.2) is 51.3 Å². The predicted octanol–water partition coefficient (Wildman–Crippen LogP) is 13.8. The average Bonchev–Trinajstić information content (AvgIpc) is 4.04. The zero-order chi connectivity index (χ0) is 48.2. The molecule has 0 amide bonds. The number of aromatic nitrogens is 6. The molecule has 0 spiro atoms. The highest BCUT2D eigenvalue weighted by Gasteiger charge is 2.21. The van der Waals surface area contributed by atoms with Crippen molar-refractivity contribution in [3.63, 3.8) is 0 Å². The molecule has 7 aromatic rings. The molecule has 3 radical (unpaired) electrons. The first-order chi connectivity index (χ1) is 33.1. The van der Waals surface area contributed by atoms with E-state index in [4.69, 9.17) is 29.3 Å². The van der Waals surface area contributed by atoms with Crippen LogP contribution in [0.1, 0.15) is 46.0 Å². The minimum atomic E-state index is 0.560. The maximum absolute atomic E-state index is 6.13. The highest BCUT2D eigenvalue weighted by Crippen LogP contribution is 2.34. The highest BCUT2D eigenvalue weighted by molar-refractivity contribution is 7.19. The number of nitrogens with zero attached hydrogens (tertiary/aromatic N) is 6. The molecule has 0 fully saturated rings. The number of aryl methyl sites for hydroxylation is 1. The molecule has 0 aliphatic carbocycles. The summed E-state index contributed by atoms with van der Waals surface area (Å²) >= 11 is 1.64. The van der Waals surface area contributed by atoms with Gasteiger partial charge >= 0.3 is 0 Å². The first kappa shape index (κ1) is 48.3. The Labute approximate surface area is 407 Å². The fourth-order valence-electron chi connectivity index (χ4n) is 7.76. The van der Waals surface area contributed by atoms with Gasteiger partial charge in [-0.05, 0) is 103 Å². The summed E-state index contributed by atoms with van der Waals surface area (Å²) in [5.41, 5.74) is 13.0. The Morgan fingerprint density at radius 3 is 2.03 bits per heavy atom. The van der Waals surface area contributed by atoms with E-state index < -0.39 is 0 Å². The molecule has 0 unspecified atom stereocenters. The Bertz CT molecular complexity index is 3230. The van der Waals surface area contributed by atoms with Gasteiger partial charge in [-0.25, -0.2) is 24.9 Å². The van der Waals surface area contributed by atoms with E-state index in [1.165, 1.54) is 0 Å². The minimum Gasteiger partial charge on any atom is -0.441 e. The first-order valence-electron chi connectivity index (χ1n) is 22.4. The lowest BCUT2D eigenvalue weighted by molar-refractivity contribution is 0.542. The summed E-state index contributed by atoms with van der Waals surface area (Å²) in [5, 5.41) is 0.885. The van der Waals surface area contributed by atoms with Crippen LogP contribution in [0.5, 0.6) is 0 Å². The summed E-state index contributed by atoms with van der Waals surface area (Å²) < 4.78 is 9.39. The van der Waals surface area contributed by atoms with Crippen molar-refractivity contribution in [2.75, 3.05) is 0 Å². The molecule has 0 N–H and O–H groups in total. The Kier molecular flexibility index (Phi) is 16.1. The molecule has 0 aliphatic rings. The SMILES string of the molecule is C=C/C=C\C(=C/[B]C)c1nc(-c2ccccc2)nc(-c2ccc3sc(C(/C=C(C)/C(C=C)=C/c4c(/C=C\C=C)c(C)n(/C(C=C)=C/c5nc(-c6ccccc6)oc5C)c4[B]C)=C/[B]C)nc3c2)n1. The van der Waals surface area contributed by atoms with Crippen LogP contribution >= 0.6 is 11.3 Å². The molecule has 0 saturated heterocycles. The molecule has 7 nitrogen and oxygen atoms in total. The van der Waals surface area contributed by atoms with Gasteiger partial charge in [0, 0.05) is 39.2 Å². The van der Waals surface area contributed by atoms with E-state index in [1.54, 1.807) is 23.5 Å². The second-order valence-corrected chi connectivity index (χ2v) is 16.7. The number of hydrogen-bond donors (Lipinski definition) is 0. The Hall–Kier alpha value is -7.62. The molecule has 68 heavy (non-hydrogen) atoms. The topological polar surface area (TPSA) is 82.5 Å². The lowest BCUT2D eigenvalue weighted by Crippen LogP contribution is -2.24. The summed E-state index contributed by atoms with van der Waals surface area (Å²) in [6, 6.07) is 26.1. The van der Waals surface area contributed by atoms with Gasteiger partial charge in [-0.1, -0.05) is 138 Å². The maximum Gasteiger partial charge on any atom is 0.226 e. The van der Waals surface area contributed by atoms with Gasteiger partial charge in [0.15, 0.2) is 24.8 Å². The molecule has 0 aliphatic heterocycles. The van der Waals surface area contributed by atoms with Crippen LogP contribution in [0.25, 0.3) is 79.5 Å². The van der Waals surface area contributed by atoms with Gasteiger partial charge < -0.3 is 8.98 Å². The normalized spacial score (nSPS) is 12.8. The second kappa shape index (κ2) is 22.7. The van der Waals surface area contributed by atoms with Crippen LogP contribution in [0.3, 0.4) is 0 Å². The van der Waals surface area contributed by atoms with E-state index in [-0.39, 0.29) is 0 Å². The largest absolute Gasteiger partial charge is 0.441 e. The summed E-state index contributed by atoms with van der Waals surface area (Å²) in [4.78, 5) is 24.9. The van der Waals surface area contributed by atoms with Gasteiger partial charge in [-0.3, -0.25) is 0 Å². The van der Waals surface area contributed by atoms with Crippen molar-refractivity contribution in [1.82, 2.24) is 29.5 Å². The van der Waals surface area contributed by atoms with Gasteiger partial charge in [0.1, 0.15) is 31.0 Å². The number of benzene rings is 3. The molecular weight excluding hydrogens is 849 g/mol. The second-order valence-electron chi connectivity index (χ2n) is 15.6. The third-order valence-electron chi connectivity index (χ3n) is 11.1. The van der Waals surface area contributed by atoms with E-state index in [2.05, 4.69) is 101 Å². The minimum absolute atomic E-state index is 0.560. The van der Waals surface area contributed by atoms with Crippen molar-refractivity contribution >= 4 is 84.1 Å².